The van der Waals surface area contributed by atoms with E-state index in [1.807, 2.05) is 24.3 Å². The number of hydrogen-bond acceptors (Lipinski definition) is 5. The summed E-state index contributed by atoms with van der Waals surface area (Å²) < 4.78 is 10.9. The van der Waals surface area contributed by atoms with Crippen LogP contribution in [0.2, 0.25) is 0 Å². The van der Waals surface area contributed by atoms with Gasteiger partial charge in [0.1, 0.15) is 11.5 Å². The van der Waals surface area contributed by atoms with Crippen molar-refractivity contribution in [1.29, 1.82) is 0 Å². The van der Waals surface area contributed by atoms with Gasteiger partial charge in [0.05, 0.1) is 6.26 Å². The average molecular weight is 398 g/mol. The first-order valence-electron chi connectivity index (χ1n) is 9.80. The smallest absolute Gasteiger partial charge is 0.289 e. The van der Waals surface area contributed by atoms with E-state index in [0.29, 0.717) is 50.5 Å². The van der Waals surface area contributed by atoms with Gasteiger partial charge >= 0.3 is 0 Å². The van der Waals surface area contributed by atoms with Crippen LogP contribution in [-0.4, -0.2) is 59.7 Å². The maximum atomic E-state index is 12.7. The number of hydrogen-bond donors (Lipinski definition) is 0. The number of Topliss-reactive ketones (excluding diaryl/α,β-unsaturated/α-hetero) is 1. The van der Waals surface area contributed by atoms with Gasteiger partial charge in [-0.05, 0) is 50.1 Å². The second-order valence-corrected chi connectivity index (χ2v) is 7.20. The molecule has 3 rings (SSSR count). The third-order valence-corrected chi connectivity index (χ3v) is 4.96. The van der Waals surface area contributed by atoms with E-state index in [4.69, 9.17) is 9.15 Å². The fourth-order valence-electron chi connectivity index (χ4n) is 3.25. The van der Waals surface area contributed by atoms with Crippen molar-refractivity contribution in [2.24, 2.45) is 0 Å². The highest BCUT2D eigenvalue weighted by molar-refractivity contribution is 5.91. The number of rotatable bonds is 7. The van der Waals surface area contributed by atoms with Gasteiger partial charge in [-0.15, -0.1) is 0 Å². The highest BCUT2D eigenvalue weighted by Gasteiger charge is 2.29. The maximum Gasteiger partial charge on any atom is 0.289 e. The van der Waals surface area contributed by atoms with E-state index in [2.05, 4.69) is 0 Å². The number of ether oxygens (including phenoxy) is 1. The third kappa shape index (κ3) is 5.47. The normalized spacial score (nSPS) is 15.1. The number of benzene rings is 1. The molecule has 0 bridgehead atoms. The molecule has 7 nitrogen and oxygen atoms in total. The Kier molecular flexibility index (Phi) is 6.69. The lowest BCUT2D eigenvalue weighted by Crippen LogP contribution is -2.53. The Labute approximate surface area is 170 Å². The van der Waals surface area contributed by atoms with Crippen LogP contribution in [0.4, 0.5) is 0 Å². The number of ketones is 1. The van der Waals surface area contributed by atoms with Gasteiger partial charge < -0.3 is 23.7 Å². The van der Waals surface area contributed by atoms with Gasteiger partial charge in [0, 0.05) is 32.6 Å². The second-order valence-electron chi connectivity index (χ2n) is 7.20. The highest BCUT2D eigenvalue weighted by Crippen LogP contribution is 2.17. The molecule has 0 aliphatic carbocycles. The Morgan fingerprint density at radius 2 is 1.69 bits per heavy atom. The lowest BCUT2D eigenvalue weighted by Gasteiger charge is -2.35. The first-order chi connectivity index (χ1) is 13.9. The molecule has 1 aromatic heterocycles. The van der Waals surface area contributed by atoms with E-state index in [9.17, 15) is 14.4 Å². The van der Waals surface area contributed by atoms with Crippen molar-refractivity contribution in [3.05, 3.63) is 54.0 Å². The summed E-state index contributed by atoms with van der Waals surface area (Å²) in [7, 11) is 0. The van der Waals surface area contributed by atoms with Crippen LogP contribution in [0.1, 0.15) is 36.4 Å². The number of amides is 2. The van der Waals surface area contributed by atoms with Gasteiger partial charge in [0.25, 0.3) is 11.8 Å². The second kappa shape index (κ2) is 9.41. The first-order valence-corrected chi connectivity index (χ1v) is 9.80. The van der Waals surface area contributed by atoms with Crippen molar-refractivity contribution < 1.29 is 23.5 Å². The monoisotopic (exact) mass is 398 g/mol. The lowest BCUT2D eigenvalue weighted by atomic mass is 10.1. The lowest BCUT2D eigenvalue weighted by molar-refractivity contribution is -0.139. The molecule has 0 saturated carbocycles. The summed E-state index contributed by atoms with van der Waals surface area (Å²) >= 11 is 0. The summed E-state index contributed by atoms with van der Waals surface area (Å²) in [6, 6.07) is 10.8. The summed E-state index contributed by atoms with van der Waals surface area (Å²) in [6.45, 7) is 5.15. The Balaban J connectivity index is 1.48. The van der Waals surface area contributed by atoms with Crippen molar-refractivity contribution in [2.75, 3.05) is 26.2 Å². The van der Waals surface area contributed by atoms with Crippen LogP contribution >= 0.6 is 0 Å². The summed E-state index contributed by atoms with van der Waals surface area (Å²) in [5.74, 6) is 0.833. The van der Waals surface area contributed by atoms with E-state index in [0.717, 1.165) is 5.56 Å². The molecule has 7 heteroatoms. The van der Waals surface area contributed by atoms with Crippen molar-refractivity contribution >= 4 is 17.6 Å². The van der Waals surface area contributed by atoms with E-state index < -0.39 is 6.10 Å². The molecule has 0 spiro atoms. The van der Waals surface area contributed by atoms with Crippen LogP contribution in [-0.2, 0) is 16.0 Å². The molecule has 1 atom stereocenters. The molecule has 29 heavy (non-hydrogen) atoms. The van der Waals surface area contributed by atoms with E-state index in [1.54, 1.807) is 35.8 Å². The number of piperazine rings is 1. The molecule has 1 saturated heterocycles. The quantitative estimate of drug-likeness (QED) is 0.716. The minimum absolute atomic E-state index is 0.101. The Hall–Kier alpha value is -3.09. The number of carbonyl (C=O) groups is 3. The molecule has 154 valence electrons. The molecule has 2 aromatic rings. The Morgan fingerprint density at radius 3 is 2.28 bits per heavy atom. The fraction of sp³-hybridized carbons (Fsp3) is 0.409. The Bertz CT molecular complexity index is 837. The van der Waals surface area contributed by atoms with Gasteiger partial charge in [-0.2, -0.15) is 0 Å². The van der Waals surface area contributed by atoms with Gasteiger partial charge in [-0.3, -0.25) is 9.59 Å². The van der Waals surface area contributed by atoms with Crippen molar-refractivity contribution in [3.8, 4) is 5.75 Å². The third-order valence-electron chi connectivity index (χ3n) is 4.96. The summed E-state index contributed by atoms with van der Waals surface area (Å²) in [5.41, 5.74) is 1.06. The molecule has 1 unspecified atom stereocenters. The maximum absolute atomic E-state index is 12.7. The SMILES string of the molecule is CC(=O)CCc1ccc(OC(C)C(=O)N2CCN(C(=O)c3ccco3)CC2)cc1. The van der Waals surface area contributed by atoms with Gasteiger partial charge in [0.15, 0.2) is 11.9 Å². The van der Waals surface area contributed by atoms with Crippen LogP contribution in [0.15, 0.2) is 47.1 Å². The number of nitrogens with zero attached hydrogens (tertiary/aromatic N) is 2. The predicted molar refractivity (Wildman–Crippen MR) is 107 cm³/mol. The predicted octanol–water partition coefficient (Wildman–Crippen LogP) is 2.55. The molecule has 1 aromatic carbocycles. The topological polar surface area (TPSA) is 80.1 Å². The number of furan rings is 1. The standard InChI is InChI=1S/C22H26N2O5/c1-16(25)5-6-18-7-9-19(10-8-18)29-17(2)21(26)23-11-13-24(14-12-23)22(27)20-4-3-15-28-20/h3-4,7-10,15,17H,5-6,11-14H2,1-2H3. The Morgan fingerprint density at radius 1 is 1.03 bits per heavy atom. The number of aryl methyl sites for hydroxylation is 1. The highest BCUT2D eigenvalue weighted by atomic mass is 16.5. The molecule has 1 aliphatic rings. The molecule has 1 aliphatic heterocycles. The van der Waals surface area contributed by atoms with Crippen LogP contribution in [0.25, 0.3) is 0 Å². The van der Waals surface area contributed by atoms with Crippen molar-refractivity contribution in [2.45, 2.75) is 32.8 Å². The molecule has 2 heterocycles. The van der Waals surface area contributed by atoms with E-state index in [-0.39, 0.29) is 17.6 Å². The van der Waals surface area contributed by atoms with E-state index >= 15 is 0 Å². The zero-order chi connectivity index (χ0) is 20.8. The summed E-state index contributed by atoms with van der Waals surface area (Å²) in [5, 5.41) is 0. The minimum Gasteiger partial charge on any atom is -0.481 e. The van der Waals surface area contributed by atoms with Crippen molar-refractivity contribution in [3.63, 3.8) is 0 Å². The molecule has 0 radical (unpaired) electrons. The minimum atomic E-state index is -0.620. The van der Waals surface area contributed by atoms with Crippen LogP contribution in [0.5, 0.6) is 5.75 Å². The van der Waals surface area contributed by atoms with Gasteiger partial charge in [0.2, 0.25) is 0 Å². The van der Waals surface area contributed by atoms with Crippen LogP contribution in [0.3, 0.4) is 0 Å². The average Bonchev–Trinajstić information content (AvgIpc) is 3.27. The van der Waals surface area contributed by atoms with E-state index in [1.165, 1.54) is 6.26 Å². The zero-order valence-electron chi connectivity index (χ0n) is 16.8. The largest absolute Gasteiger partial charge is 0.481 e. The molecular formula is C22H26N2O5. The zero-order valence-corrected chi connectivity index (χ0v) is 16.8. The number of carbonyl (C=O) groups excluding carboxylic acids is 3. The molecule has 1 fully saturated rings. The molecular weight excluding hydrogens is 372 g/mol. The first kappa shape index (κ1) is 20.6. The molecule has 0 N–H and O–H groups in total. The van der Waals surface area contributed by atoms with Gasteiger partial charge in [-0.25, -0.2) is 0 Å². The molecule has 2 amide bonds. The summed E-state index contributed by atoms with van der Waals surface area (Å²) in [6.07, 6.45) is 2.07. The van der Waals surface area contributed by atoms with Crippen molar-refractivity contribution in [1.82, 2.24) is 9.80 Å². The van der Waals surface area contributed by atoms with Crippen LogP contribution in [0, 0.1) is 0 Å². The van der Waals surface area contributed by atoms with Gasteiger partial charge in [-0.1, -0.05) is 12.1 Å². The van der Waals surface area contributed by atoms with Crippen LogP contribution < -0.4 is 4.74 Å². The summed E-state index contributed by atoms with van der Waals surface area (Å²) in [4.78, 5) is 39.5. The fourth-order valence-corrected chi connectivity index (χ4v) is 3.25.